The zero-order valence-electron chi connectivity index (χ0n) is 28.8. The molecule has 0 heterocycles. The molecule has 0 bridgehead atoms. The third-order valence-corrected chi connectivity index (χ3v) is 11.3. The molecule has 9 aromatic rings. The highest BCUT2D eigenvalue weighted by molar-refractivity contribution is 6.22. The van der Waals surface area contributed by atoms with Crippen molar-refractivity contribution in [3.63, 3.8) is 0 Å². The largest absolute Gasteiger partial charge is 0.0622 e. The second-order valence-electron chi connectivity index (χ2n) is 14.5. The Balaban J connectivity index is 1.12. The summed E-state index contributed by atoms with van der Waals surface area (Å²) in [7, 11) is 0. The molecular formula is C51H36. The van der Waals surface area contributed by atoms with Gasteiger partial charge in [0.1, 0.15) is 0 Å². The van der Waals surface area contributed by atoms with Gasteiger partial charge in [-0.3, -0.25) is 0 Å². The standard InChI is InChI=1S/C51H36/c1-51(2)47-29-28-38(31-45(47)46-30-36-16-6-7-17-37(36)32-48(46)51)33-24-26-35(27-25-33)49-41-20-10-12-22-43(41)50(44-23-13-11-21-42(44)49)40-19-9-8-18-39(40)34-14-4-3-5-15-34/h3-32H,1-2H3. The maximum Gasteiger partial charge on any atom is 0.0159 e. The second kappa shape index (κ2) is 11.4. The molecule has 0 amide bonds. The van der Waals surface area contributed by atoms with E-state index in [9.17, 15) is 0 Å². The van der Waals surface area contributed by atoms with Gasteiger partial charge in [0.15, 0.2) is 0 Å². The normalized spacial score (nSPS) is 13.1. The number of benzene rings is 9. The lowest BCUT2D eigenvalue weighted by Crippen LogP contribution is -2.14. The lowest BCUT2D eigenvalue weighted by atomic mass is 9.81. The number of rotatable bonds is 4. The zero-order chi connectivity index (χ0) is 34.1. The van der Waals surface area contributed by atoms with Crippen molar-refractivity contribution < 1.29 is 0 Å². The number of fused-ring (bicyclic) bond motifs is 6. The Hall–Kier alpha value is -6.24. The van der Waals surface area contributed by atoms with Crippen LogP contribution in [0.5, 0.6) is 0 Å². The molecule has 240 valence electrons. The Morgan fingerprint density at radius 1 is 0.294 bits per heavy atom. The summed E-state index contributed by atoms with van der Waals surface area (Å²) in [4.78, 5) is 0. The summed E-state index contributed by atoms with van der Waals surface area (Å²) in [6.45, 7) is 4.72. The van der Waals surface area contributed by atoms with Crippen molar-refractivity contribution in [1.29, 1.82) is 0 Å². The number of hydrogen-bond donors (Lipinski definition) is 0. The van der Waals surface area contributed by atoms with E-state index in [-0.39, 0.29) is 5.41 Å². The second-order valence-corrected chi connectivity index (χ2v) is 14.5. The predicted octanol–water partition coefficient (Wildman–Crippen LogP) is 14.1. The summed E-state index contributed by atoms with van der Waals surface area (Å²) in [6, 6.07) is 67.3. The molecule has 1 aliphatic rings. The van der Waals surface area contributed by atoms with Gasteiger partial charge in [0.2, 0.25) is 0 Å². The molecule has 0 atom stereocenters. The van der Waals surface area contributed by atoms with Gasteiger partial charge in [0.25, 0.3) is 0 Å². The van der Waals surface area contributed by atoms with E-state index in [1.807, 2.05) is 0 Å². The van der Waals surface area contributed by atoms with Crippen molar-refractivity contribution in [3.05, 3.63) is 193 Å². The van der Waals surface area contributed by atoms with Crippen LogP contribution in [0.4, 0.5) is 0 Å². The highest BCUT2D eigenvalue weighted by Crippen LogP contribution is 2.51. The van der Waals surface area contributed by atoms with Gasteiger partial charge in [-0.15, -0.1) is 0 Å². The minimum Gasteiger partial charge on any atom is -0.0622 e. The SMILES string of the molecule is CC1(C)c2ccc(-c3ccc(-c4c5ccccc5c(-c5ccccc5-c5ccccc5)c5ccccc45)cc3)cc2-c2cc3ccccc3cc21. The highest BCUT2D eigenvalue weighted by atomic mass is 14.4. The molecule has 0 radical (unpaired) electrons. The van der Waals surface area contributed by atoms with E-state index in [0.717, 1.165) is 0 Å². The molecule has 0 aliphatic heterocycles. The molecule has 0 aromatic heterocycles. The molecule has 0 saturated heterocycles. The van der Waals surface area contributed by atoms with E-state index in [2.05, 4.69) is 196 Å². The van der Waals surface area contributed by atoms with E-state index < -0.39 is 0 Å². The van der Waals surface area contributed by atoms with Gasteiger partial charge in [-0.1, -0.05) is 178 Å². The Morgan fingerprint density at radius 3 is 1.45 bits per heavy atom. The van der Waals surface area contributed by atoms with Gasteiger partial charge in [-0.05, 0) is 117 Å². The molecule has 0 unspecified atom stereocenters. The van der Waals surface area contributed by atoms with Crippen molar-refractivity contribution in [2.24, 2.45) is 0 Å². The molecule has 0 spiro atoms. The molecule has 1 aliphatic carbocycles. The molecule has 0 N–H and O–H groups in total. The fourth-order valence-corrected chi connectivity index (χ4v) is 8.75. The van der Waals surface area contributed by atoms with Crippen LogP contribution < -0.4 is 0 Å². The van der Waals surface area contributed by atoms with Crippen molar-refractivity contribution in [2.45, 2.75) is 19.3 Å². The monoisotopic (exact) mass is 648 g/mol. The van der Waals surface area contributed by atoms with Crippen LogP contribution in [0, 0.1) is 0 Å². The summed E-state index contributed by atoms with van der Waals surface area (Å²) in [5, 5.41) is 7.68. The summed E-state index contributed by atoms with van der Waals surface area (Å²) in [6.07, 6.45) is 0. The Morgan fingerprint density at radius 2 is 0.784 bits per heavy atom. The summed E-state index contributed by atoms with van der Waals surface area (Å²) in [5.41, 5.74) is 15.5. The zero-order valence-corrected chi connectivity index (χ0v) is 28.8. The lowest BCUT2D eigenvalue weighted by Gasteiger charge is -2.22. The van der Waals surface area contributed by atoms with E-state index in [0.29, 0.717) is 0 Å². The lowest BCUT2D eigenvalue weighted by molar-refractivity contribution is 0.661. The van der Waals surface area contributed by atoms with Crippen LogP contribution in [-0.4, -0.2) is 0 Å². The van der Waals surface area contributed by atoms with Gasteiger partial charge in [0.05, 0.1) is 0 Å². The molecule has 9 aromatic carbocycles. The minimum absolute atomic E-state index is 0.0348. The van der Waals surface area contributed by atoms with Crippen LogP contribution in [0.3, 0.4) is 0 Å². The van der Waals surface area contributed by atoms with Crippen LogP contribution >= 0.6 is 0 Å². The average molecular weight is 649 g/mol. The molecule has 10 rings (SSSR count). The molecule has 0 nitrogen and oxygen atoms in total. The maximum absolute atomic E-state index is 2.41. The summed E-state index contributed by atoms with van der Waals surface area (Å²) < 4.78 is 0. The first kappa shape index (κ1) is 29.7. The first-order valence-corrected chi connectivity index (χ1v) is 17.9. The fourth-order valence-electron chi connectivity index (χ4n) is 8.75. The number of hydrogen-bond acceptors (Lipinski definition) is 0. The molecule has 0 saturated carbocycles. The van der Waals surface area contributed by atoms with Gasteiger partial charge in [-0.25, -0.2) is 0 Å². The smallest absolute Gasteiger partial charge is 0.0159 e. The third kappa shape index (κ3) is 4.60. The summed E-state index contributed by atoms with van der Waals surface area (Å²) >= 11 is 0. The first-order valence-electron chi connectivity index (χ1n) is 17.9. The Labute approximate surface area is 299 Å². The molecule has 0 fully saturated rings. The van der Waals surface area contributed by atoms with E-state index in [4.69, 9.17) is 0 Å². The van der Waals surface area contributed by atoms with Crippen LogP contribution in [0.2, 0.25) is 0 Å². The van der Waals surface area contributed by atoms with Crippen molar-refractivity contribution in [3.8, 4) is 55.6 Å². The van der Waals surface area contributed by atoms with Gasteiger partial charge in [-0.2, -0.15) is 0 Å². The van der Waals surface area contributed by atoms with Crippen molar-refractivity contribution in [1.82, 2.24) is 0 Å². The Kier molecular flexibility index (Phi) is 6.63. The third-order valence-electron chi connectivity index (χ3n) is 11.3. The minimum atomic E-state index is -0.0348. The van der Waals surface area contributed by atoms with E-state index in [1.54, 1.807) is 0 Å². The van der Waals surface area contributed by atoms with E-state index >= 15 is 0 Å². The molecule has 51 heavy (non-hydrogen) atoms. The molecule has 0 heteroatoms. The van der Waals surface area contributed by atoms with Gasteiger partial charge >= 0.3 is 0 Å². The van der Waals surface area contributed by atoms with Crippen LogP contribution in [0.25, 0.3) is 88.0 Å². The van der Waals surface area contributed by atoms with Crippen molar-refractivity contribution in [2.75, 3.05) is 0 Å². The maximum atomic E-state index is 2.41. The highest BCUT2D eigenvalue weighted by Gasteiger charge is 2.35. The van der Waals surface area contributed by atoms with Gasteiger partial charge in [0, 0.05) is 5.41 Å². The summed E-state index contributed by atoms with van der Waals surface area (Å²) in [5.74, 6) is 0. The van der Waals surface area contributed by atoms with Crippen LogP contribution in [0.15, 0.2) is 182 Å². The predicted molar refractivity (Wildman–Crippen MR) is 218 cm³/mol. The first-order chi connectivity index (χ1) is 25.1. The average Bonchev–Trinajstić information content (AvgIpc) is 3.41. The van der Waals surface area contributed by atoms with Crippen LogP contribution in [-0.2, 0) is 5.41 Å². The van der Waals surface area contributed by atoms with Crippen LogP contribution in [0.1, 0.15) is 25.0 Å². The quantitative estimate of drug-likeness (QED) is 0.167. The fraction of sp³-hybridized carbons (Fsp3) is 0.0588. The molecular weight excluding hydrogens is 613 g/mol. The Bertz CT molecular complexity index is 2740. The van der Waals surface area contributed by atoms with Crippen molar-refractivity contribution >= 4 is 32.3 Å². The van der Waals surface area contributed by atoms with Gasteiger partial charge < -0.3 is 0 Å². The topological polar surface area (TPSA) is 0 Å². The van der Waals surface area contributed by atoms with E-state index in [1.165, 1.54) is 99.1 Å².